The maximum atomic E-state index is 4.54. The molecule has 4 rings (SSSR count). The molecule has 0 bridgehead atoms. The molecular weight excluding hydrogens is 296 g/mol. The minimum atomic E-state index is 0.749. The van der Waals surface area contributed by atoms with Gasteiger partial charge in [0.2, 0.25) is 0 Å². The molecule has 2 heterocycles. The van der Waals surface area contributed by atoms with E-state index in [1.807, 2.05) is 36.5 Å². The summed E-state index contributed by atoms with van der Waals surface area (Å²) in [5.74, 6) is 0.749. The van der Waals surface area contributed by atoms with Gasteiger partial charge in [-0.1, -0.05) is 30.3 Å². The van der Waals surface area contributed by atoms with E-state index in [9.17, 15) is 0 Å². The van der Waals surface area contributed by atoms with E-state index in [0.29, 0.717) is 0 Å². The molecule has 4 nitrogen and oxygen atoms in total. The molecule has 1 N–H and O–H groups in total. The molecule has 1 aliphatic rings. The van der Waals surface area contributed by atoms with Crippen molar-refractivity contribution < 1.29 is 0 Å². The second-order valence-electron chi connectivity index (χ2n) is 6.04. The van der Waals surface area contributed by atoms with Gasteiger partial charge < -0.3 is 4.90 Å². The Hall–Kier alpha value is -2.88. The number of aromatic nitrogens is 1. The van der Waals surface area contributed by atoms with Crippen LogP contribution in [0.2, 0.25) is 0 Å². The summed E-state index contributed by atoms with van der Waals surface area (Å²) in [6.45, 7) is 2.34. The van der Waals surface area contributed by atoms with E-state index in [0.717, 1.165) is 22.3 Å². The van der Waals surface area contributed by atoms with Crippen LogP contribution >= 0.6 is 0 Å². The summed E-state index contributed by atoms with van der Waals surface area (Å²) in [5, 5.41) is 5.42. The monoisotopic (exact) mass is 316 g/mol. The zero-order valence-corrected chi connectivity index (χ0v) is 13.5. The van der Waals surface area contributed by atoms with E-state index < -0.39 is 0 Å². The molecule has 0 aliphatic carbocycles. The zero-order valence-electron chi connectivity index (χ0n) is 13.5. The average molecular weight is 316 g/mol. The van der Waals surface area contributed by atoms with Crippen LogP contribution in [0.4, 0.5) is 11.5 Å². The fraction of sp³-hybridized carbons (Fsp3) is 0.200. The number of nitrogens with zero attached hydrogens (tertiary/aromatic N) is 3. The summed E-state index contributed by atoms with van der Waals surface area (Å²) in [6, 6.07) is 20.6. The van der Waals surface area contributed by atoms with E-state index in [-0.39, 0.29) is 0 Å². The average Bonchev–Trinajstić information content (AvgIpc) is 3.17. The maximum Gasteiger partial charge on any atom is 0.146 e. The van der Waals surface area contributed by atoms with Crippen molar-refractivity contribution in [3.63, 3.8) is 0 Å². The fourth-order valence-corrected chi connectivity index (χ4v) is 3.05. The second-order valence-corrected chi connectivity index (χ2v) is 6.04. The highest BCUT2D eigenvalue weighted by molar-refractivity contribution is 5.82. The predicted octanol–water partition coefficient (Wildman–Crippen LogP) is 4.28. The smallest absolute Gasteiger partial charge is 0.146 e. The highest BCUT2D eigenvalue weighted by Crippen LogP contribution is 2.20. The molecule has 1 aromatic heterocycles. The van der Waals surface area contributed by atoms with Crippen LogP contribution in [0.3, 0.4) is 0 Å². The van der Waals surface area contributed by atoms with Crippen LogP contribution in [0.1, 0.15) is 18.4 Å². The van der Waals surface area contributed by atoms with Crippen molar-refractivity contribution in [2.75, 3.05) is 23.4 Å². The first-order chi connectivity index (χ1) is 11.9. The normalized spacial score (nSPS) is 14.6. The van der Waals surface area contributed by atoms with Gasteiger partial charge in [-0.2, -0.15) is 5.10 Å². The van der Waals surface area contributed by atoms with Gasteiger partial charge in [0.15, 0.2) is 0 Å². The van der Waals surface area contributed by atoms with E-state index >= 15 is 0 Å². The minimum absolute atomic E-state index is 0.749. The Labute approximate surface area is 141 Å². The first kappa shape index (κ1) is 14.7. The van der Waals surface area contributed by atoms with Gasteiger partial charge in [-0.3, -0.25) is 5.43 Å². The predicted molar refractivity (Wildman–Crippen MR) is 101 cm³/mol. The number of pyridine rings is 1. The van der Waals surface area contributed by atoms with E-state index in [1.54, 1.807) is 0 Å². The summed E-state index contributed by atoms with van der Waals surface area (Å²) in [4.78, 5) is 6.97. The molecule has 0 atom stereocenters. The molecule has 1 fully saturated rings. The Kier molecular flexibility index (Phi) is 4.11. The van der Waals surface area contributed by atoms with E-state index in [2.05, 4.69) is 50.7 Å². The third kappa shape index (κ3) is 3.23. The van der Waals surface area contributed by atoms with Crippen molar-refractivity contribution in [3.8, 4) is 0 Å². The topological polar surface area (TPSA) is 40.5 Å². The zero-order chi connectivity index (χ0) is 16.2. The van der Waals surface area contributed by atoms with Gasteiger partial charge in [0.25, 0.3) is 0 Å². The fourth-order valence-electron chi connectivity index (χ4n) is 3.05. The lowest BCUT2D eigenvalue weighted by molar-refractivity contribution is 0.949. The number of para-hydroxylation sites is 1. The molecule has 24 heavy (non-hydrogen) atoms. The van der Waals surface area contributed by atoms with Gasteiger partial charge in [-0.25, -0.2) is 4.98 Å². The van der Waals surface area contributed by atoms with Gasteiger partial charge in [0.1, 0.15) is 5.82 Å². The third-order valence-corrected chi connectivity index (χ3v) is 4.36. The third-order valence-electron chi connectivity index (χ3n) is 4.36. The largest absolute Gasteiger partial charge is 0.372 e. The van der Waals surface area contributed by atoms with Gasteiger partial charge >= 0.3 is 0 Å². The second kappa shape index (κ2) is 6.71. The lowest BCUT2D eigenvalue weighted by atomic mass is 10.2. The van der Waals surface area contributed by atoms with E-state index in [1.165, 1.54) is 31.6 Å². The number of hydrogen-bond donors (Lipinski definition) is 1. The molecule has 3 aromatic rings. The number of benzene rings is 2. The summed E-state index contributed by atoms with van der Waals surface area (Å²) in [5.41, 5.74) is 6.34. The van der Waals surface area contributed by atoms with Crippen LogP contribution in [-0.4, -0.2) is 24.3 Å². The summed E-state index contributed by atoms with van der Waals surface area (Å²) >= 11 is 0. The van der Waals surface area contributed by atoms with Crippen LogP contribution < -0.4 is 10.3 Å². The number of hydrazone groups is 1. The molecule has 4 heteroatoms. The first-order valence-electron chi connectivity index (χ1n) is 8.38. The number of fused-ring (bicyclic) bond motifs is 1. The van der Waals surface area contributed by atoms with Crippen molar-refractivity contribution >= 4 is 28.6 Å². The van der Waals surface area contributed by atoms with Crippen LogP contribution in [0, 0.1) is 0 Å². The first-order valence-corrected chi connectivity index (χ1v) is 8.38. The van der Waals surface area contributed by atoms with Gasteiger partial charge in [-0.05, 0) is 48.7 Å². The van der Waals surface area contributed by atoms with Crippen molar-refractivity contribution in [2.24, 2.45) is 5.10 Å². The van der Waals surface area contributed by atoms with Crippen molar-refractivity contribution in [1.82, 2.24) is 4.98 Å². The molecule has 0 saturated carbocycles. The standard InChI is InChI=1S/C20H20N4/c1-2-6-19-17(5-1)9-12-20(22-19)23-21-15-16-7-10-18(11-8-16)24-13-3-4-14-24/h1-2,5-12,15H,3-4,13-14H2,(H,22,23)/b21-15+. The van der Waals surface area contributed by atoms with Crippen LogP contribution in [0.25, 0.3) is 10.9 Å². The van der Waals surface area contributed by atoms with Crippen LogP contribution in [0.15, 0.2) is 65.8 Å². The maximum absolute atomic E-state index is 4.54. The summed E-state index contributed by atoms with van der Waals surface area (Å²) < 4.78 is 0. The Bertz CT molecular complexity index is 849. The summed E-state index contributed by atoms with van der Waals surface area (Å²) in [6.07, 6.45) is 4.42. The van der Waals surface area contributed by atoms with Crippen molar-refractivity contribution in [1.29, 1.82) is 0 Å². The SMILES string of the molecule is C(=N\Nc1ccc2ccccc2n1)/c1ccc(N2CCCC2)cc1. The molecule has 0 spiro atoms. The lowest BCUT2D eigenvalue weighted by Crippen LogP contribution is -2.17. The molecule has 2 aromatic carbocycles. The highest BCUT2D eigenvalue weighted by atomic mass is 15.3. The Morgan fingerprint density at radius 2 is 1.71 bits per heavy atom. The van der Waals surface area contributed by atoms with Gasteiger partial charge in [0.05, 0.1) is 11.7 Å². The van der Waals surface area contributed by atoms with Gasteiger partial charge in [0, 0.05) is 24.2 Å². The Morgan fingerprint density at radius 1 is 0.917 bits per heavy atom. The summed E-state index contributed by atoms with van der Waals surface area (Å²) in [7, 11) is 0. The minimum Gasteiger partial charge on any atom is -0.372 e. The molecule has 120 valence electrons. The Morgan fingerprint density at radius 3 is 2.54 bits per heavy atom. The molecule has 1 aliphatic heterocycles. The number of anilines is 2. The molecule has 1 saturated heterocycles. The Balaban J connectivity index is 1.42. The molecule has 0 amide bonds. The number of rotatable bonds is 4. The highest BCUT2D eigenvalue weighted by Gasteiger charge is 2.11. The van der Waals surface area contributed by atoms with Crippen molar-refractivity contribution in [2.45, 2.75) is 12.8 Å². The number of nitrogens with one attached hydrogen (secondary N) is 1. The van der Waals surface area contributed by atoms with E-state index in [4.69, 9.17) is 0 Å². The molecule has 0 unspecified atom stereocenters. The molecule has 0 radical (unpaired) electrons. The van der Waals surface area contributed by atoms with Crippen LogP contribution in [-0.2, 0) is 0 Å². The molecular formula is C20H20N4. The van der Waals surface area contributed by atoms with Gasteiger partial charge in [-0.15, -0.1) is 0 Å². The van der Waals surface area contributed by atoms with Crippen LogP contribution in [0.5, 0.6) is 0 Å². The number of hydrogen-bond acceptors (Lipinski definition) is 4. The van der Waals surface area contributed by atoms with Crippen molar-refractivity contribution in [3.05, 3.63) is 66.2 Å². The quantitative estimate of drug-likeness (QED) is 0.577. The lowest BCUT2D eigenvalue weighted by Gasteiger charge is -2.17.